The van der Waals surface area contributed by atoms with E-state index in [1.165, 1.54) is 5.56 Å². The SMILES string of the molecule is Cl.O=C(NCc1ccccc1-c1ccc(Cn2ccnc2)cc1)C1CCCN1. The van der Waals surface area contributed by atoms with E-state index in [1.807, 2.05) is 24.7 Å². The Morgan fingerprint density at radius 2 is 2.00 bits per heavy atom. The Morgan fingerprint density at radius 3 is 2.71 bits per heavy atom. The van der Waals surface area contributed by atoms with Gasteiger partial charge in [0.1, 0.15) is 0 Å². The van der Waals surface area contributed by atoms with Crippen LogP contribution in [0.5, 0.6) is 0 Å². The average Bonchev–Trinajstić information content (AvgIpc) is 3.41. The molecule has 5 nitrogen and oxygen atoms in total. The highest BCUT2D eigenvalue weighted by molar-refractivity contribution is 5.85. The molecule has 0 radical (unpaired) electrons. The number of rotatable bonds is 6. The van der Waals surface area contributed by atoms with Crippen molar-refractivity contribution in [1.82, 2.24) is 20.2 Å². The van der Waals surface area contributed by atoms with Gasteiger partial charge in [-0.3, -0.25) is 4.79 Å². The van der Waals surface area contributed by atoms with Gasteiger partial charge in [0.25, 0.3) is 0 Å². The molecule has 2 heterocycles. The van der Waals surface area contributed by atoms with Crippen LogP contribution in [0.15, 0.2) is 67.3 Å². The van der Waals surface area contributed by atoms with Gasteiger partial charge in [0, 0.05) is 25.5 Å². The minimum atomic E-state index is -0.0420. The Hall–Kier alpha value is -2.63. The normalized spacial score (nSPS) is 15.8. The highest BCUT2D eigenvalue weighted by atomic mass is 35.5. The van der Waals surface area contributed by atoms with Crippen molar-refractivity contribution in [3.8, 4) is 11.1 Å². The Kier molecular flexibility index (Phi) is 6.85. The van der Waals surface area contributed by atoms with Gasteiger partial charge in [-0.25, -0.2) is 4.98 Å². The summed E-state index contributed by atoms with van der Waals surface area (Å²) in [5.41, 5.74) is 4.68. The van der Waals surface area contributed by atoms with Gasteiger partial charge in [-0.2, -0.15) is 0 Å². The van der Waals surface area contributed by atoms with Crippen LogP contribution in [-0.4, -0.2) is 28.0 Å². The van der Waals surface area contributed by atoms with E-state index < -0.39 is 0 Å². The maximum atomic E-state index is 12.3. The van der Waals surface area contributed by atoms with E-state index in [4.69, 9.17) is 0 Å². The lowest BCUT2D eigenvalue weighted by atomic mass is 9.98. The van der Waals surface area contributed by atoms with Crippen molar-refractivity contribution < 1.29 is 4.79 Å². The second-order valence-corrected chi connectivity index (χ2v) is 6.96. The molecule has 28 heavy (non-hydrogen) atoms. The van der Waals surface area contributed by atoms with Gasteiger partial charge >= 0.3 is 0 Å². The summed E-state index contributed by atoms with van der Waals surface area (Å²) in [4.78, 5) is 16.4. The summed E-state index contributed by atoms with van der Waals surface area (Å²) < 4.78 is 2.05. The second-order valence-electron chi connectivity index (χ2n) is 6.96. The molecule has 2 aromatic carbocycles. The van der Waals surface area contributed by atoms with Gasteiger partial charge in [0.15, 0.2) is 0 Å². The van der Waals surface area contributed by atoms with E-state index in [-0.39, 0.29) is 24.4 Å². The van der Waals surface area contributed by atoms with Crippen LogP contribution in [0.1, 0.15) is 24.0 Å². The molecule has 6 heteroatoms. The molecule has 0 bridgehead atoms. The third kappa shape index (κ3) is 4.80. The monoisotopic (exact) mass is 396 g/mol. The number of carbonyl (C=O) groups is 1. The van der Waals surface area contributed by atoms with Crippen LogP contribution < -0.4 is 10.6 Å². The maximum Gasteiger partial charge on any atom is 0.237 e. The molecule has 0 saturated carbocycles. The fraction of sp³-hybridized carbons (Fsp3) is 0.273. The summed E-state index contributed by atoms with van der Waals surface area (Å²) in [5, 5.41) is 6.33. The fourth-order valence-corrected chi connectivity index (χ4v) is 3.55. The van der Waals surface area contributed by atoms with Gasteiger partial charge in [-0.05, 0) is 41.6 Å². The van der Waals surface area contributed by atoms with E-state index in [9.17, 15) is 4.79 Å². The quantitative estimate of drug-likeness (QED) is 0.671. The van der Waals surface area contributed by atoms with Crippen LogP contribution in [0, 0.1) is 0 Å². The average molecular weight is 397 g/mol. The Bertz CT molecular complexity index is 887. The van der Waals surface area contributed by atoms with Gasteiger partial charge in [0.2, 0.25) is 5.91 Å². The molecule has 1 saturated heterocycles. The first-order valence-electron chi connectivity index (χ1n) is 9.44. The van der Waals surface area contributed by atoms with Gasteiger partial charge in [0.05, 0.1) is 12.4 Å². The van der Waals surface area contributed by atoms with E-state index in [1.54, 1.807) is 6.20 Å². The molecule has 1 aromatic heterocycles. The first-order valence-corrected chi connectivity index (χ1v) is 9.44. The van der Waals surface area contributed by atoms with Crippen molar-refractivity contribution in [2.75, 3.05) is 6.54 Å². The van der Waals surface area contributed by atoms with Crippen molar-refractivity contribution >= 4 is 18.3 Å². The summed E-state index contributed by atoms with van der Waals surface area (Å²) in [5.74, 6) is 0.0954. The minimum Gasteiger partial charge on any atom is -0.351 e. The predicted molar refractivity (Wildman–Crippen MR) is 113 cm³/mol. The molecule has 4 rings (SSSR count). The molecule has 146 valence electrons. The van der Waals surface area contributed by atoms with E-state index in [2.05, 4.69) is 56.6 Å². The van der Waals surface area contributed by atoms with Crippen molar-refractivity contribution in [1.29, 1.82) is 0 Å². The molecule has 2 N–H and O–H groups in total. The largest absolute Gasteiger partial charge is 0.351 e. The van der Waals surface area contributed by atoms with E-state index in [0.29, 0.717) is 6.54 Å². The lowest BCUT2D eigenvalue weighted by molar-refractivity contribution is -0.122. The van der Waals surface area contributed by atoms with Crippen LogP contribution in [0.3, 0.4) is 0 Å². The molecule has 1 atom stereocenters. The summed E-state index contributed by atoms with van der Waals surface area (Å²) in [6.07, 6.45) is 7.57. The summed E-state index contributed by atoms with van der Waals surface area (Å²) >= 11 is 0. The number of imidazole rings is 1. The number of hydrogen-bond donors (Lipinski definition) is 2. The summed E-state index contributed by atoms with van der Waals surface area (Å²) in [6.45, 7) is 2.29. The van der Waals surface area contributed by atoms with Crippen LogP contribution in [0.4, 0.5) is 0 Å². The summed E-state index contributed by atoms with van der Waals surface area (Å²) in [7, 11) is 0. The highest BCUT2D eigenvalue weighted by Gasteiger charge is 2.21. The third-order valence-corrected chi connectivity index (χ3v) is 5.04. The maximum absolute atomic E-state index is 12.3. The molecule has 0 spiro atoms. The molecule has 1 unspecified atom stereocenters. The number of aromatic nitrogens is 2. The van der Waals surface area contributed by atoms with Crippen LogP contribution in [-0.2, 0) is 17.9 Å². The number of halogens is 1. The fourth-order valence-electron chi connectivity index (χ4n) is 3.55. The number of nitrogens with zero attached hydrogens (tertiary/aromatic N) is 2. The predicted octanol–water partition coefficient (Wildman–Crippen LogP) is 3.39. The molecule has 1 aliphatic rings. The zero-order valence-electron chi connectivity index (χ0n) is 15.7. The number of nitrogens with one attached hydrogen (secondary N) is 2. The lowest BCUT2D eigenvalue weighted by Gasteiger charge is -2.14. The standard InChI is InChI=1S/C22H24N4O.ClH/c27-22(21-6-3-11-24-21)25-14-19-4-1-2-5-20(19)18-9-7-17(8-10-18)15-26-13-12-23-16-26;/h1-2,4-5,7-10,12-13,16,21,24H,3,6,11,14-15H2,(H,25,27);1H. The van der Waals surface area contributed by atoms with Crippen molar-refractivity contribution in [2.24, 2.45) is 0 Å². The minimum absolute atomic E-state index is 0. The number of carbonyl (C=O) groups excluding carboxylic acids is 1. The third-order valence-electron chi connectivity index (χ3n) is 5.04. The molecule has 0 aliphatic carbocycles. The van der Waals surface area contributed by atoms with Crippen molar-refractivity contribution in [3.05, 3.63) is 78.4 Å². The number of hydrogen-bond acceptors (Lipinski definition) is 3. The zero-order chi connectivity index (χ0) is 18.5. The lowest BCUT2D eigenvalue weighted by Crippen LogP contribution is -2.40. The first kappa shape index (κ1) is 20.1. The van der Waals surface area contributed by atoms with Crippen molar-refractivity contribution in [3.63, 3.8) is 0 Å². The topological polar surface area (TPSA) is 59.0 Å². The van der Waals surface area contributed by atoms with Crippen LogP contribution in [0.25, 0.3) is 11.1 Å². The molecular weight excluding hydrogens is 372 g/mol. The zero-order valence-corrected chi connectivity index (χ0v) is 16.5. The molecule has 1 aliphatic heterocycles. The number of amides is 1. The van der Waals surface area contributed by atoms with E-state index in [0.717, 1.165) is 42.6 Å². The Labute approximate surface area is 171 Å². The Morgan fingerprint density at radius 1 is 1.18 bits per heavy atom. The van der Waals surface area contributed by atoms with Gasteiger partial charge in [-0.1, -0.05) is 48.5 Å². The van der Waals surface area contributed by atoms with Crippen molar-refractivity contribution in [2.45, 2.75) is 32.0 Å². The van der Waals surface area contributed by atoms with Gasteiger partial charge in [-0.15, -0.1) is 12.4 Å². The number of benzene rings is 2. The molecular formula is C22H25ClN4O. The first-order chi connectivity index (χ1) is 13.3. The highest BCUT2D eigenvalue weighted by Crippen LogP contribution is 2.24. The smallest absolute Gasteiger partial charge is 0.237 e. The van der Waals surface area contributed by atoms with Gasteiger partial charge < -0.3 is 15.2 Å². The van der Waals surface area contributed by atoms with Crippen LogP contribution in [0.2, 0.25) is 0 Å². The summed E-state index contributed by atoms with van der Waals surface area (Å²) in [6, 6.07) is 16.8. The van der Waals surface area contributed by atoms with E-state index >= 15 is 0 Å². The van der Waals surface area contributed by atoms with Crippen LogP contribution >= 0.6 is 12.4 Å². The second kappa shape index (κ2) is 9.53. The molecule has 1 fully saturated rings. The Balaban J connectivity index is 0.00000225. The molecule has 3 aromatic rings. The molecule has 1 amide bonds.